The summed E-state index contributed by atoms with van der Waals surface area (Å²) in [6.07, 6.45) is 15.6. The second kappa shape index (κ2) is 17.3. The summed E-state index contributed by atoms with van der Waals surface area (Å²) in [5.74, 6) is -1.78. The van der Waals surface area contributed by atoms with Crippen molar-refractivity contribution in [2.75, 3.05) is 36.0 Å². The number of imide groups is 1. The lowest BCUT2D eigenvalue weighted by Gasteiger charge is -2.36. The second-order valence-electron chi connectivity index (χ2n) is 13.9. The number of nitrogens with zero attached hydrogens (tertiary/aromatic N) is 5. The third-order valence-electron chi connectivity index (χ3n) is 10.3. The highest BCUT2D eigenvalue weighted by Crippen LogP contribution is 2.31. The van der Waals surface area contributed by atoms with Crippen molar-refractivity contribution in [1.82, 2.24) is 14.5 Å². The fourth-order valence-electron chi connectivity index (χ4n) is 7.50. The van der Waals surface area contributed by atoms with Gasteiger partial charge >= 0.3 is 5.97 Å². The van der Waals surface area contributed by atoms with Crippen LogP contribution >= 0.6 is 0 Å². The van der Waals surface area contributed by atoms with Gasteiger partial charge in [0.25, 0.3) is 17.4 Å². The summed E-state index contributed by atoms with van der Waals surface area (Å²) in [6.45, 7) is 1.85. The lowest BCUT2D eigenvalue weighted by atomic mass is 9.95. The van der Waals surface area contributed by atoms with Crippen molar-refractivity contribution >= 4 is 45.8 Å². The summed E-state index contributed by atoms with van der Waals surface area (Å²) in [4.78, 5) is 73.1. The number of unbranched alkanes of at least 4 members (excludes halogenated alkanes) is 8. The molecule has 272 valence electrons. The molecule has 4 aromatic rings. The summed E-state index contributed by atoms with van der Waals surface area (Å²) in [7, 11) is 0. The Kier molecular flexibility index (Phi) is 12.1. The number of carboxylic acid groups (broad SMARTS) is 1. The van der Waals surface area contributed by atoms with Crippen LogP contribution in [-0.4, -0.2) is 69.4 Å². The van der Waals surface area contributed by atoms with E-state index in [4.69, 9.17) is 0 Å². The Bertz CT molecular complexity index is 1930. The highest BCUT2D eigenvalue weighted by Gasteiger charge is 2.34. The number of piperidine rings is 1. The molecule has 3 amide bonds. The number of fused-ring (bicyclic) bond motifs is 2. The summed E-state index contributed by atoms with van der Waals surface area (Å²) >= 11 is 0. The van der Waals surface area contributed by atoms with E-state index in [9.17, 15) is 29.1 Å². The minimum Gasteiger partial charge on any atom is -0.480 e. The quantitative estimate of drug-likeness (QED) is 0.0968. The number of aromatic nitrogens is 2. The van der Waals surface area contributed by atoms with E-state index in [2.05, 4.69) is 16.0 Å². The van der Waals surface area contributed by atoms with Crippen LogP contribution in [0.3, 0.4) is 0 Å². The van der Waals surface area contributed by atoms with Crippen LogP contribution in [0.15, 0.2) is 84.0 Å². The lowest BCUT2D eigenvalue weighted by molar-refractivity contribution is -0.137. The SMILES string of the molecule is O=C(O)Cn1cc(N(CCCCCCCCCCCN2C(=O)c3ccccc3C2=O)C(=O)[C@H]2CCCN(c3cncc4ccccc34)C2)ccc1=O. The summed E-state index contributed by atoms with van der Waals surface area (Å²) in [5.41, 5.74) is 2.13. The van der Waals surface area contributed by atoms with E-state index < -0.39 is 18.1 Å². The van der Waals surface area contributed by atoms with Gasteiger partial charge in [0.2, 0.25) is 5.91 Å². The van der Waals surface area contributed by atoms with Gasteiger partial charge in [-0.05, 0) is 43.9 Å². The first-order valence-corrected chi connectivity index (χ1v) is 18.6. The molecule has 4 heterocycles. The largest absolute Gasteiger partial charge is 0.480 e. The number of pyridine rings is 2. The zero-order valence-electron chi connectivity index (χ0n) is 29.6. The summed E-state index contributed by atoms with van der Waals surface area (Å²) < 4.78 is 1.15. The molecule has 0 unspecified atom stereocenters. The lowest BCUT2D eigenvalue weighted by Crippen LogP contribution is -2.45. The van der Waals surface area contributed by atoms with Gasteiger partial charge in [-0.15, -0.1) is 0 Å². The molecule has 2 aliphatic rings. The van der Waals surface area contributed by atoms with Crippen LogP contribution in [-0.2, 0) is 16.1 Å². The topological polar surface area (TPSA) is 133 Å². The predicted octanol–water partition coefficient (Wildman–Crippen LogP) is 6.54. The van der Waals surface area contributed by atoms with Gasteiger partial charge < -0.3 is 19.5 Å². The van der Waals surface area contributed by atoms with E-state index >= 15 is 0 Å². The molecule has 0 spiro atoms. The maximum atomic E-state index is 14.3. The zero-order chi connectivity index (χ0) is 36.5. The Morgan fingerprint density at radius 3 is 2.15 bits per heavy atom. The van der Waals surface area contributed by atoms with Gasteiger partial charge in [0.05, 0.1) is 34.6 Å². The zero-order valence-corrected chi connectivity index (χ0v) is 29.6. The Morgan fingerprint density at radius 2 is 1.44 bits per heavy atom. The van der Waals surface area contributed by atoms with Crippen molar-refractivity contribution in [2.24, 2.45) is 5.92 Å². The normalized spacial score (nSPS) is 15.7. The summed E-state index contributed by atoms with van der Waals surface area (Å²) in [5, 5.41) is 11.5. The van der Waals surface area contributed by atoms with Crippen molar-refractivity contribution in [3.63, 3.8) is 0 Å². The Labute approximate surface area is 303 Å². The van der Waals surface area contributed by atoms with E-state index in [0.717, 1.165) is 98.2 Å². The van der Waals surface area contributed by atoms with Gasteiger partial charge in [-0.3, -0.25) is 33.9 Å². The van der Waals surface area contributed by atoms with Crippen LogP contribution in [0.2, 0.25) is 0 Å². The van der Waals surface area contributed by atoms with E-state index in [1.54, 1.807) is 35.2 Å². The first-order chi connectivity index (χ1) is 25.3. The van der Waals surface area contributed by atoms with Gasteiger partial charge in [-0.25, -0.2) is 0 Å². The molecule has 1 saturated heterocycles. The number of hydrogen-bond donors (Lipinski definition) is 1. The molecule has 0 radical (unpaired) electrons. The van der Waals surface area contributed by atoms with E-state index in [1.165, 1.54) is 17.2 Å². The minimum absolute atomic E-state index is 0.0142. The molecular weight excluding hydrogens is 658 g/mol. The molecule has 1 atom stereocenters. The molecule has 2 aliphatic heterocycles. The Balaban J connectivity index is 0.988. The van der Waals surface area contributed by atoms with E-state index in [1.807, 2.05) is 30.6 Å². The van der Waals surface area contributed by atoms with Crippen molar-refractivity contribution in [3.05, 3.63) is 101 Å². The molecule has 1 fully saturated rings. The van der Waals surface area contributed by atoms with Crippen LogP contribution in [0.5, 0.6) is 0 Å². The molecule has 0 aliphatic carbocycles. The fraction of sp³-hybridized carbons (Fsp3) is 0.415. The highest BCUT2D eigenvalue weighted by atomic mass is 16.4. The molecule has 0 saturated carbocycles. The average molecular weight is 706 g/mol. The Morgan fingerprint density at radius 1 is 0.788 bits per heavy atom. The predicted molar refractivity (Wildman–Crippen MR) is 201 cm³/mol. The molecule has 11 heteroatoms. The van der Waals surface area contributed by atoms with Crippen LogP contribution in [0.25, 0.3) is 10.8 Å². The van der Waals surface area contributed by atoms with Gasteiger partial charge in [-0.1, -0.05) is 81.3 Å². The smallest absolute Gasteiger partial charge is 0.323 e. The number of hydrogen-bond acceptors (Lipinski definition) is 7. The number of rotatable bonds is 17. The van der Waals surface area contributed by atoms with Gasteiger partial charge in [0.15, 0.2) is 0 Å². The monoisotopic (exact) mass is 705 g/mol. The molecule has 0 bridgehead atoms. The van der Waals surface area contributed by atoms with Crippen LogP contribution in [0, 0.1) is 5.92 Å². The minimum atomic E-state index is -1.12. The summed E-state index contributed by atoms with van der Waals surface area (Å²) in [6, 6.07) is 18.1. The van der Waals surface area contributed by atoms with E-state index in [-0.39, 0.29) is 23.6 Å². The van der Waals surface area contributed by atoms with Crippen LogP contribution in [0.4, 0.5) is 11.4 Å². The second-order valence-corrected chi connectivity index (χ2v) is 13.9. The molecule has 6 rings (SSSR count). The fourth-order valence-corrected chi connectivity index (χ4v) is 7.50. The van der Waals surface area contributed by atoms with Crippen LogP contribution in [0.1, 0.15) is 91.3 Å². The number of amides is 3. The van der Waals surface area contributed by atoms with Crippen molar-refractivity contribution in [3.8, 4) is 0 Å². The average Bonchev–Trinajstić information content (AvgIpc) is 3.40. The standard InChI is InChI=1S/C41H47N5O6/c47-37-21-20-32(28-44(37)29-38(48)49)45(39(50)31-16-14-22-43(27-31)36-26-42-25-30-15-8-9-17-33(30)36)23-12-6-4-2-1-3-5-7-13-24-46-40(51)34-18-10-11-19-35(34)41(46)52/h8-11,15,17-21,25-26,28,31H,1-7,12-14,16,22-24,27,29H2,(H,48,49)/t31-/m0/s1. The number of carboxylic acids is 1. The Hall–Kier alpha value is -5.32. The first kappa shape index (κ1) is 36.5. The molecule has 52 heavy (non-hydrogen) atoms. The molecule has 1 N–H and O–H groups in total. The number of anilines is 2. The third kappa shape index (κ3) is 8.58. The van der Waals surface area contributed by atoms with Crippen molar-refractivity contribution in [1.29, 1.82) is 0 Å². The van der Waals surface area contributed by atoms with Gasteiger partial charge in [0, 0.05) is 55.4 Å². The first-order valence-electron chi connectivity index (χ1n) is 18.6. The molecule has 2 aromatic carbocycles. The maximum Gasteiger partial charge on any atom is 0.323 e. The van der Waals surface area contributed by atoms with E-state index in [0.29, 0.717) is 36.4 Å². The molecule has 11 nitrogen and oxygen atoms in total. The number of carbonyl (C=O) groups excluding carboxylic acids is 3. The van der Waals surface area contributed by atoms with Gasteiger partial charge in [0.1, 0.15) is 6.54 Å². The molecular formula is C41H47N5O6. The highest BCUT2D eigenvalue weighted by molar-refractivity contribution is 6.21. The van der Waals surface area contributed by atoms with Crippen LogP contribution < -0.4 is 15.4 Å². The molecule has 2 aromatic heterocycles. The third-order valence-corrected chi connectivity index (χ3v) is 10.3. The van der Waals surface area contributed by atoms with Gasteiger partial charge in [-0.2, -0.15) is 0 Å². The number of benzene rings is 2. The van der Waals surface area contributed by atoms with Crippen molar-refractivity contribution in [2.45, 2.75) is 77.2 Å². The number of carbonyl (C=O) groups is 4. The van der Waals surface area contributed by atoms with Crippen molar-refractivity contribution < 1.29 is 24.3 Å². The maximum absolute atomic E-state index is 14.3. The number of aliphatic carboxylic acids is 1.